The van der Waals surface area contributed by atoms with Gasteiger partial charge in [0.15, 0.2) is 0 Å². The topological polar surface area (TPSA) is 57.7 Å². The Balaban J connectivity index is 1.84. The van der Waals surface area contributed by atoms with Crippen LogP contribution < -0.4 is 4.90 Å². The first-order valence-electron chi connectivity index (χ1n) is 9.62. The molecule has 0 spiro atoms. The lowest BCUT2D eigenvalue weighted by Gasteiger charge is -2.34. The smallest absolute Gasteiger partial charge is 0.243 e. The summed E-state index contributed by atoms with van der Waals surface area (Å²) in [6, 6.07) is 13.2. The van der Waals surface area contributed by atoms with Gasteiger partial charge in [-0.05, 0) is 56.9 Å². The summed E-state index contributed by atoms with van der Waals surface area (Å²) in [6.07, 6.45) is 1.39. The molecule has 6 heteroatoms. The number of aryl methyl sites for hydroxylation is 3. The number of rotatable bonds is 4. The van der Waals surface area contributed by atoms with E-state index in [1.165, 1.54) is 4.31 Å². The van der Waals surface area contributed by atoms with E-state index in [0.29, 0.717) is 24.3 Å². The fraction of sp³-hybridized carbons (Fsp3) is 0.409. The van der Waals surface area contributed by atoms with Gasteiger partial charge in [0.2, 0.25) is 15.9 Å². The summed E-state index contributed by atoms with van der Waals surface area (Å²) < 4.78 is 28.2. The highest BCUT2D eigenvalue weighted by molar-refractivity contribution is 7.89. The number of para-hydroxylation sites is 1. The number of nitrogens with zero attached hydrogens (tertiary/aromatic N) is 2. The molecule has 3 rings (SSSR count). The van der Waals surface area contributed by atoms with Gasteiger partial charge in [0.1, 0.15) is 0 Å². The maximum absolute atomic E-state index is 13.3. The molecule has 0 saturated carbocycles. The van der Waals surface area contributed by atoms with Gasteiger partial charge in [-0.3, -0.25) is 4.79 Å². The van der Waals surface area contributed by atoms with Crippen LogP contribution in [0.25, 0.3) is 0 Å². The number of benzene rings is 2. The van der Waals surface area contributed by atoms with E-state index < -0.39 is 10.0 Å². The fourth-order valence-corrected chi connectivity index (χ4v) is 6.05. The molecule has 1 aliphatic rings. The second-order valence-electron chi connectivity index (χ2n) is 7.66. The minimum atomic E-state index is -3.63. The normalized spacial score (nSPS) is 18.1. The molecule has 0 aliphatic carbocycles. The predicted molar refractivity (Wildman–Crippen MR) is 112 cm³/mol. The first-order chi connectivity index (χ1) is 13.2. The van der Waals surface area contributed by atoms with E-state index in [2.05, 4.69) is 0 Å². The zero-order valence-electron chi connectivity index (χ0n) is 17.0. The van der Waals surface area contributed by atoms with Gasteiger partial charge in [-0.2, -0.15) is 4.31 Å². The van der Waals surface area contributed by atoms with E-state index >= 15 is 0 Å². The van der Waals surface area contributed by atoms with E-state index in [0.717, 1.165) is 22.4 Å². The van der Waals surface area contributed by atoms with Crippen LogP contribution in [0.5, 0.6) is 0 Å². The van der Waals surface area contributed by atoms with Crippen molar-refractivity contribution in [1.29, 1.82) is 0 Å². The Morgan fingerprint density at radius 1 is 1.07 bits per heavy atom. The van der Waals surface area contributed by atoms with Crippen LogP contribution in [-0.4, -0.2) is 38.8 Å². The van der Waals surface area contributed by atoms with Crippen LogP contribution in [0.2, 0.25) is 0 Å². The number of hydrogen-bond acceptors (Lipinski definition) is 3. The second-order valence-corrected chi connectivity index (χ2v) is 9.54. The van der Waals surface area contributed by atoms with Crippen LogP contribution >= 0.6 is 0 Å². The largest absolute Gasteiger partial charge is 0.315 e. The van der Waals surface area contributed by atoms with Gasteiger partial charge in [0.05, 0.1) is 10.8 Å². The number of amides is 1. The highest BCUT2D eigenvalue weighted by Gasteiger charge is 2.36. The quantitative estimate of drug-likeness (QED) is 0.787. The molecule has 1 aliphatic heterocycles. The standard InChI is InChI=1S/C22H28N2O3S/c1-16-13-17(2)21(18(3)14-16)28(26,27)24-12-8-9-19(15-24)22(25)23(4)20-10-6-5-7-11-20/h5-7,10-11,13-14,19H,8-9,12,15H2,1-4H3. The molecule has 1 heterocycles. The van der Waals surface area contributed by atoms with Crippen molar-refractivity contribution in [1.82, 2.24) is 4.31 Å². The summed E-state index contributed by atoms with van der Waals surface area (Å²) in [5.41, 5.74) is 3.38. The highest BCUT2D eigenvalue weighted by atomic mass is 32.2. The maximum atomic E-state index is 13.3. The Bertz CT molecular complexity index is 948. The Labute approximate surface area is 168 Å². The van der Waals surface area contributed by atoms with E-state index in [1.807, 2.05) is 63.2 Å². The third kappa shape index (κ3) is 3.98. The number of hydrogen-bond donors (Lipinski definition) is 0. The predicted octanol–water partition coefficient (Wildman–Crippen LogP) is 3.68. The van der Waals surface area contributed by atoms with Crippen LogP contribution in [0, 0.1) is 26.7 Å². The van der Waals surface area contributed by atoms with Gasteiger partial charge in [-0.1, -0.05) is 35.9 Å². The average molecular weight is 401 g/mol. The molecule has 2 aromatic rings. The van der Waals surface area contributed by atoms with Crippen molar-refractivity contribution in [2.45, 2.75) is 38.5 Å². The summed E-state index contributed by atoms with van der Waals surface area (Å²) in [7, 11) is -1.88. The molecule has 0 N–H and O–H groups in total. The van der Waals surface area contributed by atoms with Crippen molar-refractivity contribution < 1.29 is 13.2 Å². The van der Waals surface area contributed by atoms with Gasteiger partial charge in [0, 0.05) is 25.8 Å². The first kappa shape index (κ1) is 20.6. The maximum Gasteiger partial charge on any atom is 0.243 e. The van der Waals surface area contributed by atoms with E-state index in [9.17, 15) is 13.2 Å². The molecule has 1 unspecified atom stereocenters. The minimum absolute atomic E-state index is 0.0385. The Hall–Kier alpha value is -2.18. The molecule has 1 saturated heterocycles. The Morgan fingerprint density at radius 3 is 2.29 bits per heavy atom. The number of carbonyl (C=O) groups excluding carboxylic acids is 1. The Morgan fingerprint density at radius 2 is 1.68 bits per heavy atom. The number of anilines is 1. The fourth-order valence-electron chi connectivity index (χ4n) is 4.12. The van der Waals surface area contributed by atoms with Crippen LogP contribution in [0.15, 0.2) is 47.4 Å². The van der Waals surface area contributed by atoms with Crippen LogP contribution in [0.3, 0.4) is 0 Å². The molecule has 0 aromatic heterocycles. The summed E-state index contributed by atoms with van der Waals surface area (Å²) >= 11 is 0. The van der Waals surface area contributed by atoms with Crippen molar-refractivity contribution >= 4 is 21.6 Å². The molecule has 2 aromatic carbocycles. The van der Waals surface area contributed by atoms with Crippen LogP contribution in [-0.2, 0) is 14.8 Å². The van der Waals surface area contributed by atoms with Gasteiger partial charge >= 0.3 is 0 Å². The summed E-state index contributed by atoms with van der Waals surface area (Å²) in [5, 5.41) is 0. The molecule has 5 nitrogen and oxygen atoms in total. The lowest BCUT2D eigenvalue weighted by molar-refractivity contribution is -0.123. The lowest BCUT2D eigenvalue weighted by Crippen LogP contribution is -2.46. The second kappa shape index (κ2) is 8.05. The van der Waals surface area contributed by atoms with Crippen molar-refractivity contribution in [3.63, 3.8) is 0 Å². The van der Waals surface area contributed by atoms with Crippen molar-refractivity contribution in [2.75, 3.05) is 25.0 Å². The molecule has 0 bridgehead atoms. The average Bonchev–Trinajstić information content (AvgIpc) is 2.66. The van der Waals surface area contributed by atoms with E-state index in [4.69, 9.17) is 0 Å². The van der Waals surface area contributed by atoms with Gasteiger partial charge in [-0.15, -0.1) is 0 Å². The molecule has 28 heavy (non-hydrogen) atoms. The molecule has 1 fully saturated rings. The van der Waals surface area contributed by atoms with Crippen LogP contribution in [0.1, 0.15) is 29.5 Å². The minimum Gasteiger partial charge on any atom is -0.315 e. The summed E-state index contributed by atoms with van der Waals surface area (Å²) in [5.74, 6) is -0.372. The lowest BCUT2D eigenvalue weighted by atomic mass is 9.98. The summed E-state index contributed by atoms with van der Waals surface area (Å²) in [6.45, 7) is 6.32. The zero-order valence-corrected chi connectivity index (χ0v) is 17.8. The SMILES string of the molecule is Cc1cc(C)c(S(=O)(=O)N2CCCC(C(=O)N(C)c3ccccc3)C2)c(C)c1. The summed E-state index contributed by atoms with van der Waals surface area (Å²) in [4.78, 5) is 15.0. The molecule has 150 valence electrons. The molecule has 0 radical (unpaired) electrons. The number of carbonyl (C=O) groups is 1. The van der Waals surface area contributed by atoms with Gasteiger partial charge in [-0.25, -0.2) is 8.42 Å². The zero-order chi connectivity index (χ0) is 20.5. The van der Waals surface area contributed by atoms with Crippen molar-refractivity contribution in [3.8, 4) is 0 Å². The van der Waals surface area contributed by atoms with E-state index in [1.54, 1.807) is 11.9 Å². The van der Waals surface area contributed by atoms with Gasteiger partial charge < -0.3 is 4.90 Å². The molecular weight excluding hydrogens is 372 g/mol. The first-order valence-corrected chi connectivity index (χ1v) is 11.1. The van der Waals surface area contributed by atoms with Crippen LogP contribution in [0.4, 0.5) is 5.69 Å². The highest BCUT2D eigenvalue weighted by Crippen LogP contribution is 2.30. The van der Waals surface area contributed by atoms with E-state index in [-0.39, 0.29) is 18.4 Å². The molecule has 1 amide bonds. The number of piperidine rings is 1. The monoisotopic (exact) mass is 400 g/mol. The van der Waals surface area contributed by atoms with Crippen molar-refractivity contribution in [3.05, 3.63) is 59.2 Å². The molecular formula is C22H28N2O3S. The third-order valence-corrected chi connectivity index (χ3v) is 7.58. The Kier molecular flexibility index (Phi) is 5.91. The number of sulfonamides is 1. The third-order valence-electron chi connectivity index (χ3n) is 5.41. The molecule has 1 atom stereocenters. The van der Waals surface area contributed by atoms with Crippen molar-refractivity contribution in [2.24, 2.45) is 5.92 Å². The van der Waals surface area contributed by atoms with Gasteiger partial charge in [0.25, 0.3) is 0 Å².